The fourth-order valence-electron chi connectivity index (χ4n) is 1.76. The van der Waals surface area contributed by atoms with Gasteiger partial charge in [-0.15, -0.1) is 0 Å². The van der Waals surface area contributed by atoms with Crippen LogP contribution in [0.15, 0.2) is 0 Å². The number of carboxylic acid groups (broad SMARTS) is 1. The number of amides is 2. The summed E-state index contributed by atoms with van der Waals surface area (Å²) in [5.41, 5.74) is -0.929. The van der Waals surface area contributed by atoms with Crippen molar-refractivity contribution in [3.05, 3.63) is 0 Å². The zero-order valence-corrected chi connectivity index (χ0v) is 11.2. The molecule has 98 valence electrons. The monoisotopic (exact) mass is 242 g/mol. The molecule has 1 aliphatic heterocycles. The van der Waals surface area contributed by atoms with Crippen LogP contribution in [0.1, 0.15) is 34.6 Å². The molecule has 2 N–H and O–H groups in total. The lowest BCUT2D eigenvalue weighted by Crippen LogP contribution is -2.40. The van der Waals surface area contributed by atoms with Crippen molar-refractivity contribution in [1.29, 1.82) is 0 Å². The van der Waals surface area contributed by atoms with E-state index in [1.54, 1.807) is 18.7 Å². The summed E-state index contributed by atoms with van der Waals surface area (Å²) in [6.07, 6.45) is 0. The molecule has 0 aromatic heterocycles. The molecule has 0 aromatic carbocycles. The predicted octanol–water partition coefficient (Wildman–Crippen LogP) is 1.54. The maximum atomic E-state index is 11.8. The van der Waals surface area contributed by atoms with Gasteiger partial charge in [-0.1, -0.05) is 20.8 Å². The fraction of sp³-hybridized carbons (Fsp3) is 0.833. The van der Waals surface area contributed by atoms with Gasteiger partial charge in [-0.3, -0.25) is 4.79 Å². The van der Waals surface area contributed by atoms with Crippen molar-refractivity contribution in [2.45, 2.75) is 40.7 Å². The van der Waals surface area contributed by atoms with Crippen molar-refractivity contribution in [1.82, 2.24) is 10.2 Å². The molecule has 0 aliphatic carbocycles. The summed E-state index contributed by atoms with van der Waals surface area (Å²) in [5, 5.41) is 12.0. The Bertz CT molecular complexity index is 331. The van der Waals surface area contributed by atoms with E-state index in [0.717, 1.165) is 0 Å². The highest BCUT2D eigenvalue weighted by Gasteiger charge is 2.40. The molecule has 5 heteroatoms. The number of aliphatic carboxylic acids is 1. The van der Waals surface area contributed by atoms with Crippen LogP contribution in [-0.4, -0.2) is 41.1 Å². The van der Waals surface area contributed by atoms with Crippen LogP contribution in [0.4, 0.5) is 4.79 Å². The zero-order valence-electron chi connectivity index (χ0n) is 11.2. The topological polar surface area (TPSA) is 69.6 Å². The number of carboxylic acids is 1. The van der Waals surface area contributed by atoms with Gasteiger partial charge >= 0.3 is 12.0 Å². The lowest BCUT2D eigenvalue weighted by molar-refractivity contribution is -0.147. The lowest BCUT2D eigenvalue weighted by Gasteiger charge is -2.28. The van der Waals surface area contributed by atoms with Crippen molar-refractivity contribution in [3.63, 3.8) is 0 Å². The van der Waals surface area contributed by atoms with Crippen LogP contribution in [-0.2, 0) is 4.79 Å². The predicted molar refractivity (Wildman–Crippen MR) is 64.8 cm³/mol. The van der Waals surface area contributed by atoms with Gasteiger partial charge in [0.2, 0.25) is 0 Å². The number of nitrogens with zero attached hydrogens (tertiary/aromatic N) is 1. The van der Waals surface area contributed by atoms with E-state index in [1.807, 2.05) is 0 Å². The van der Waals surface area contributed by atoms with Gasteiger partial charge in [-0.2, -0.15) is 0 Å². The molecule has 5 nitrogen and oxygen atoms in total. The number of nitrogens with one attached hydrogen (secondary N) is 1. The summed E-state index contributed by atoms with van der Waals surface area (Å²) in [6, 6.07) is -0.0983. The number of carbonyl (C=O) groups excluding carboxylic acids is 1. The molecule has 1 unspecified atom stereocenters. The van der Waals surface area contributed by atoms with E-state index < -0.39 is 11.4 Å². The third-order valence-corrected chi connectivity index (χ3v) is 3.20. The molecule has 0 saturated carbocycles. The standard InChI is InChI=1S/C12H22N2O3/c1-11(2,3)8-6-14(10(17)13-8)7-12(4,5)9(15)16/h8H,6-7H2,1-5H3,(H,13,17)(H,15,16). The molecular weight excluding hydrogens is 220 g/mol. The average Bonchev–Trinajstić information content (AvgIpc) is 2.46. The highest BCUT2D eigenvalue weighted by Crippen LogP contribution is 2.26. The molecule has 1 aliphatic rings. The van der Waals surface area contributed by atoms with Gasteiger partial charge in [-0.05, 0) is 19.3 Å². The molecule has 0 spiro atoms. The Balaban J connectivity index is 2.70. The first kappa shape index (κ1) is 13.8. The van der Waals surface area contributed by atoms with Crippen molar-refractivity contribution < 1.29 is 14.7 Å². The number of hydrogen-bond acceptors (Lipinski definition) is 2. The maximum absolute atomic E-state index is 11.8. The van der Waals surface area contributed by atoms with E-state index in [9.17, 15) is 9.59 Å². The number of urea groups is 1. The van der Waals surface area contributed by atoms with Gasteiger partial charge < -0.3 is 15.3 Å². The minimum atomic E-state index is -0.913. The second-order valence-electron chi connectivity index (χ2n) is 6.44. The summed E-state index contributed by atoms with van der Waals surface area (Å²) < 4.78 is 0. The largest absolute Gasteiger partial charge is 0.481 e. The van der Waals surface area contributed by atoms with Gasteiger partial charge in [0.15, 0.2) is 0 Å². The normalized spacial score (nSPS) is 21.6. The van der Waals surface area contributed by atoms with Crippen LogP contribution in [0, 0.1) is 10.8 Å². The SMILES string of the molecule is CC(C)(CN1CC(C(C)(C)C)NC1=O)C(=O)O. The second-order valence-corrected chi connectivity index (χ2v) is 6.44. The van der Waals surface area contributed by atoms with E-state index in [-0.39, 0.29) is 24.0 Å². The first-order chi connectivity index (χ1) is 7.54. The Hall–Kier alpha value is -1.26. The van der Waals surface area contributed by atoms with Crippen molar-refractivity contribution in [2.75, 3.05) is 13.1 Å². The first-order valence-corrected chi connectivity index (χ1v) is 5.83. The second kappa shape index (κ2) is 4.20. The highest BCUT2D eigenvalue weighted by atomic mass is 16.4. The van der Waals surface area contributed by atoms with Crippen LogP contribution in [0.2, 0.25) is 0 Å². The Morgan fingerprint density at radius 2 is 1.94 bits per heavy atom. The van der Waals surface area contributed by atoms with E-state index in [2.05, 4.69) is 26.1 Å². The summed E-state index contributed by atoms with van der Waals surface area (Å²) in [5.74, 6) is -0.885. The van der Waals surface area contributed by atoms with Crippen LogP contribution in [0.5, 0.6) is 0 Å². The van der Waals surface area contributed by atoms with Gasteiger partial charge in [0, 0.05) is 13.1 Å². The molecule has 1 heterocycles. The van der Waals surface area contributed by atoms with E-state index in [0.29, 0.717) is 6.54 Å². The van der Waals surface area contributed by atoms with Crippen LogP contribution >= 0.6 is 0 Å². The minimum absolute atomic E-state index is 0.0161. The Morgan fingerprint density at radius 1 is 1.41 bits per heavy atom. The van der Waals surface area contributed by atoms with Crippen molar-refractivity contribution >= 4 is 12.0 Å². The number of rotatable bonds is 3. The van der Waals surface area contributed by atoms with Gasteiger partial charge in [0.05, 0.1) is 11.5 Å². The van der Waals surface area contributed by atoms with Gasteiger partial charge in [0.1, 0.15) is 0 Å². The maximum Gasteiger partial charge on any atom is 0.317 e. The quantitative estimate of drug-likeness (QED) is 0.788. The van der Waals surface area contributed by atoms with Crippen molar-refractivity contribution in [2.24, 2.45) is 10.8 Å². The Kier molecular flexibility index (Phi) is 3.41. The molecular formula is C12H22N2O3. The van der Waals surface area contributed by atoms with Gasteiger partial charge in [0.25, 0.3) is 0 Å². The van der Waals surface area contributed by atoms with Gasteiger partial charge in [-0.25, -0.2) is 4.79 Å². The highest BCUT2D eigenvalue weighted by molar-refractivity contribution is 5.79. The summed E-state index contributed by atoms with van der Waals surface area (Å²) in [6.45, 7) is 10.2. The third-order valence-electron chi connectivity index (χ3n) is 3.20. The van der Waals surface area contributed by atoms with Crippen LogP contribution < -0.4 is 5.32 Å². The Morgan fingerprint density at radius 3 is 2.29 bits per heavy atom. The molecule has 1 rings (SSSR count). The van der Waals surface area contributed by atoms with Crippen LogP contribution in [0.25, 0.3) is 0 Å². The molecule has 1 saturated heterocycles. The molecule has 17 heavy (non-hydrogen) atoms. The molecule has 1 fully saturated rings. The number of hydrogen-bond donors (Lipinski definition) is 2. The third kappa shape index (κ3) is 3.11. The molecule has 1 atom stereocenters. The molecule has 2 amide bonds. The first-order valence-electron chi connectivity index (χ1n) is 5.83. The molecule has 0 aromatic rings. The smallest absolute Gasteiger partial charge is 0.317 e. The fourth-order valence-corrected chi connectivity index (χ4v) is 1.76. The van der Waals surface area contributed by atoms with E-state index in [4.69, 9.17) is 5.11 Å². The van der Waals surface area contributed by atoms with E-state index >= 15 is 0 Å². The minimum Gasteiger partial charge on any atom is -0.481 e. The van der Waals surface area contributed by atoms with Crippen LogP contribution in [0.3, 0.4) is 0 Å². The lowest BCUT2D eigenvalue weighted by atomic mass is 9.87. The summed E-state index contributed by atoms with van der Waals surface area (Å²) in [7, 11) is 0. The zero-order chi connectivity index (χ0) is 13.4. The number of carbonyl (C=O) groups is 2. The Labute approximate surface area is 102 Å². The average molecular weight is 242 g/mol. The summed E-state index contributed by atoms with van der Waals surface area (Å²) >= 11 is 0. The molecule has 0 bridgehead atoms. The molecule has 0 radical (unpaired) electrons. The van der Waals surface area contributed by atoms with E-state index in [1.165, 1.54) is 0 Å². The van der Waals surface area contributed by atoms with Crippen molar-refractivity contribution in [3.8, 4) is 0 Å². The summed E-state index contributed by atoms with van der Waals surface area (Å²) in [4.78, 5) is 24.4.